The van der Waals surface area contributed by atoms with Crippen LogP contribution in [0.15, 0.2) is 78.9 Å². The summed E-state index contributed by atoms with van der Waals surface area (Å²) in [5, 5.41) is 3.60. The van der Waals surface area contributed by atoms with Crippen molar-refractivity contribution < 1.29 is 9.13 Å². The van der Waals surface area contributed by atoms with Crippen LogP contribution in [0.5, 0.6) is 5.75 Å². The molecule has 0 aliphatic rings. The van der Waals surface area contributed by atoms with Gasteiger partial charge in [-0.25, -0.2) is 4.39 Å². The number of ether oxygens (including phenoxy) is 1. The fourth-order valence-corrected chi connectivity index (χ4v) is 3.36. The molecule has 3 aromatic rings. The predicted molar refractivity (Wildman–Crippen MR) is 109 cm³/mol. The summed E-state index contributed by atoms with van der Waals surface area (Å²) in [6.45, 7) is 3.04. The lowest BCUT2D eigenvalue weighted by atomic mass is 9.88. The molecule has 1 N–H and O–H groups in total. The van der Waals surface area contributed by atoms with Crippen LogP contribution in [0.25, 0.3) is 0 Å². The lowest BCUT2D eigenvalue weighted by molar-refractivity contribution is 0.414. The first-order valence-electron chi connectivity index (χ1n) is 9.35. The van der Waals surface area contributed by atoms with Gasteiger partial charge in [0.2, 0.25) is 0 Å². The normalized spacial score (nSPS) is 13.1. The quantitative estimate of drug-likeness (QED) is 0.554. The van der Waals surface area contributed by atoms with E-state index >= 15 is 0 Å². The maximum absolute atomic E-state index is 13.4. The van der Waals surface area contributed by atoms with E-state index in [9.17, 15) is 4.39 Å². The molecular weight excluding hydrogens is 337 g/mol. The summed E-state index contributed by atoms with van der Waals surface area (Å²) in [5.41, 5.74) is 3.60. The van der Waals surface area contributed by atoms with E-state index in [1.807, 2.05) is 30.3 Å². The van der Waals surface area contributed by atoms with E-state index in [1.165, 1.54) is 23.3 Å². The van der Waals surface area contributed by atoms with Gasteiger partial charge >= 0.3 is 0 Å². The molecule has 0 heterocycles. The molecule has 0 amide bonds. The van der Waals surface area contributed by atoms with Crippen LogP contribution in [0.4, 0.5) is 4.39 Å². The molecule has 0 aliphatic heterocycles. The molecule has 0 unspecified atom stereocenters. The SMILES string of the molecule is COc1ccc([C@@H](CCN[C@@H](C)c2ccccc2)c2ccc(F)cc2)cc1. The Morgan fingerprint density at radius 1 is 0.815 bits per heavy atom. The first-order valence-corrected chi connectivity index (χ1v) is 9.35. The lowest BCUT2D eigenvalue weighted by Gasteiger charge is -2.21. The second kappa shape index (κ2) is 9.33. The smallest absolute Gasteiger partial charge is 0.123 e. The second-order valence-electron chi connectivity index (χ2n) is 6.75. The van der Waals surface area contributed by atoms with Crippen molar-refractivity contribution in [1.29, 1.82) is 0 Å². The van der Waals surface area contributed by atoms with Gasteiger partial charge in [0.1, 0.15) is 11.6 Å². The van der Waals surface area contributed by atoms with Gasteiger partial charge in [-0.05, 0) is 60.8 Å². The van der Waals surface area contributed by atoms with Gasteiger partial charge in [-0.1, -0.05) is 54.6 Å². The summed E-state index contributed by atoms with van der Waals surface area (Å²) < 4.78 is 18.6. The number of benzene rings is 3. The van der Waals surface area contributed by atoms with E-state index in [1.54, 1.807) is 7.11 Å². The van der Waals surface area contributed by atoms with Crippen molar-refractivity contribution in [3.63, 3.8) is 0 Å². The Morgan fingerprint density at radius 2 is 1.41 bits per heavy atom. The van der Waals surface area contributed by atoms with Crippen molar-refractivity contribution in [3.05, 3.63) is 101 Å². The van der Waals surface area contributed by atoms with Crippen molar-refractivity contribution in [1.82, 2.24) is 5.32 Å². The van der Waals surface area contributed by atoms with Crippen molar-refractivity contribution in [2.75, 3.05) is 13.7 Å². The third-order valence-corrected chi connectivity index (χ3v) is 4.97. The second-order valence-corrected chi connectivity index (χ2v) is 6.75. The van der Waals surface area contributed by atoms with Crippen LogP contribution < -0.4 is 10.1 Å². The largest absolute Gasteiger partial charge is 0.497 e. The summed E-state index contributed by atoms with van der Waals surface area (Å²) in [6.07, 6.45) is 0.926. The molecule has 140 valence electrons. The zero-order valence-corrected chi connectivity index (χ0v) is 15.9. The average molecular weight is 363 g/mol. The summed E-state index contributed by atoms with van der Waals surface area (Å²) in [7, 11) is 1.67. The van der Waals surface area contributed by atoms with Gasteiger partial charge in [-0.3, -0.25) is 0 Å². The van der Waals surface area contributed by atoms with Gasteiger partial charge in [-0.15, -0.1) is 0 Å². The maximum Gasteiger partial charge on any atom is 0.123 e. The molecule has 0 saturated carbocycles. The Bertz CT molecular complexity index is 815. The number of hydrogen-bond acceptors (Lipinski definition) is 2. The average Bonchev–Trinajstić information content (AvgIpc) is 2.73. The Labute approximate surface area is 161 Å². The zero-order chi connectivity index (χ0) is 19.1. The molecule has 0 spiro atoms. The molecule has 0 radical (unpaired) electrons. The predicted octanol–water partition coefficient (Wildman–Crippen LogP) is 5.71. The highest BCUT2D eigenvalue weighted by molar-refractivity contribution is 5.36. The minimum atomic E-state index is -0.206. The lowest BCUT2D eigenvalue weighted by Crippen LogP contribution is -2.21. The van der Waals surface area contributed by atoms with Gasteiger partial charge in [0.15, 0.2) is 0 Å². The molecule has 3 rings (SSSR count). The number of nitrogens with one attached hydrogen (secondary N) is 1. The van der Waals surface area contributed by atoms with Crippen molar-refractivity contribution >= 4 is 0 Å². The molecular formula is C24H26FNO. The highest BCUT2D eigenvalue weighted by Crippen LogP contribution is 2.29. The molecule has 0 bridgehead atoms. The number of halogens is 1. The van der Waals surface area contributed by atoms with Crippen LogP contribution in [-0.2, 0) is 0 Å². The highest BCUT2D eigenvalue weighted by atomic mass is 19.1. The van der Waals surface area contributed by atoms with Gasteiger partial charge in [-0.2, -0.15) is 0 Å². The number of rotatable bonds is 8. The standard InChI is InChI=1S/C24H26FNO/c1-18(19-6-4-3-5-7-19)26-17-16-24(20-8-12-22(25)13-9-20)21-10-14-23(27-2)15-11-21/h3-15,18,24,26H,16-17H2,1-2H3/t18-,24-/m0/s1. The summed E-state index contributed by atoms with van der Waals surface area (Å²) in [5.74, 6) is 0.836. The Morgan fingerprint density at radius 3 is 2.00 bits per heavy atom. The van der Waals surface area contributed by atoms with Gasteiger partial charge < -0.3 is 10.1 Å². The van der Waals surface area contributed by atoms with Gasteiger partial charge in [0, 0.05) is 12.0 Å². The van der Waals surface area contributed by atoms with E-state index < -0.39 is 0 Å². The molecule has 0 aromatic heterocycles. The van der Waals surface area contributed by atoms with Crippen LogP contribution in [-0.4, -0.2) is 13.7 Å². The summed E-state index contributed by atoms with van der Waals surface area (Å²) in [4.78, 5) is 0. The first kappa shape index (κ1) is 19.1. The molecule has 3 heteroatoms. The third kappa shape index (κ3) is 5.18. The Hall–Kier alpha value is -2.65. The van der Waals surface area contributed by atoms with E-state index in [-0.39, 0.29) is 17.8 Å². The zero-order valence-electron chi connectivity index (χ0n) is 15.9. The van der Waals surface area contributed by atoms with E-state index in [0.29, 0.717) is 0 Å². The van der Waals surface area contributed by atoms with E-state index in [2.05, 4.69) is 48.6 Å². The topological polar surface area (TPSA) is 21.3 Å². The molecule has 3 aromatic carbocycles. The molecule has 2 nitrogen and oxygen atoms in total. The fraction of sp³-hybridized carbons (Fsp3) is 0.250. The molecule has 27 heavy (non-hydrogen) atoms. The number of methoxy groups -OCH3 is 1. The first-order chi connectivity index (χ1) is 13.2. The van der Waals surface area contributed by atoms with Gasteiger partial charge in [0.25, 0.3) is 0 Å². The van der Waals surface area contributed by atoms with Crippen molar-refractivity contribution in [2.45, 2.75) is 25.3 Å². The molecule has 0 saturated heterocycles. The Balaban J connectivity index is 1.72. The number of hydrogen-bond donors (Lipinski definition) is 1. The minimum absolute atomic E-state index is 0.201. The Kier molecular flexibility index (Phi) is 6.61. The summed E-state index contributed by atoms with van der Waals surface area (Å²) in [6, 6.07) is 25.7. The highest BCUT2D eigenvalue weighted by Gasteiger charge is 2.15. The van der Waals surface area contributed by atoms with Crippen LogP contribution in [0, 0.1) is 5.82 Å². The molecule has 0 fully saturated rings. The summed E-state index contributed by atoms with van der Waals surface area (Å²) >= 11 is 0. The van der Waals surface area contributed by atoms with Crippen LogP contribution in [0.1, 0.15) is 42.0 Å². The third-order valence-electron chi connectivity index (χ3n) is 4.97. The van der Waals surface area contributed by atoms with E-state index in [0.717, 1.165) is 24.3 Å². The molecule has 0 aliphatic carbocycles. The molecule has 2 atom stereocenters. The van der Waals surface area contributed by atoms with Crippen LogP contribution >= 0.6 is 0 Å². The fourth-order valence-electron chi connectivity index (χ4n) is 3.36. The monoisotopic (exact) mass is 363 g/mol. The van der Waals surface area contributed by atoms with E-state index in [4.69, 9.17) is 4.74 Å². The van der Waals surface area contributed by atoms with Crippen LogP contribution in [0.3, 0.4) is 0 Å². The van der Waals surface area contributed by atoms with Crippen LogP contribution in [0.2, 0.25) is 0 Å². The van der Waals surface area contributed by atoms with Crippen molar-refractivity contribution in [2.24, 2.45) is 0 Å². The van der Waals surface area contributed by atoms with Crippen molar-refractivity contribution in [3.8, 4) is 5.75 Å². The van der Waals surface area contributed by atoms with Gasteiger partial charge in [0.05, 0.1) is 7.11 Å². The maximum atomic E-state index is 13.4. The minimum Gasteiger partial charge on any atom is -0.497 e.